The van der Waals surface area contributed by atoms with Crippen molar-refractivity contribution in [2.75, 3.05) is 5.32 Å². The van der Waals surface area contributed by atoms with E-state index in [0.29, 0.717) is 0 Å². The van der Waals surface area contributed by atoms with E-state index in [-0.39, 0.29) is 17.2 Å². The van der Waals surface area contributed by atoms with Crippen LogP contribution in [0.5, 0.6) is 5.75 Å². The fourth-order valence-corrected chi connectivity index (χ4v) is 3.84. The molecule has 3 N–H and O–H groups in total. The highest BCUT2D eigenvalue weighted by molar-refractivity contribution is 5.98. The summed E-state index contributed by atoms with van der Waals surface area (Å²) in [6, 6.07) is 6.48. The first-order chi connectivity index (χ1) is 14.9. The number of carbonyl (C=O) groups excluding carboxylic acids is 2. The molecule has 0 aliphatic carbocycles. The van der Waals surface area contributed by atoms with Crippen molar-refractivity contribution in [3.63, 3.8) is 0 Å². The standard InChI is InChI=1S/C22H22F4N2O4/c1-10-17(13-6-4-11(23)8-16(13)31-21(25)26)18(32-22(10,2)3)20(30)28-12-5-7-15(24)14(9-12)19(27)29/h4-10,17-18,21H,1-3H3,(H2,27,29)(H,28,30)/t10-,17-,18+/m0/s1. The van der Waals surface area contributed by atoms with E-state index in [9.17, 15) is 27.2 Å². The van der Waals surface area contributed by atoms with Gasteiger partial charge in [0.1, 0.15) is 23.5 Å². The average Bonchev–Trinajstić information content (AvgIpc) is 2.92. The quantitative estimate of drug-likeness (QED) is 0.640. The zero-order chi connectivity index (χ0) is 23.8. The zero-order valence-corrected chi connectivity index (χ0v) is 17.5. The molecule has 2 aromatic carbocycles. The number of rotatable bonds is 6. The number of benzene rings is 2. The molecule has 0 aromatic heterocycles. The summed E-state index contributed by atoms with van der Waals surface area (Å²) < 4.78 is 63.7. The van der Waals surface area contributed by atoms with Crippen LogP contribution in [0.4, 0.5) is 23.2 Å². The van der Waals surface area contributed by atoms with Crippen LogP contribution in [-0.2, 0) is 9.53 Å². The van der Waals surface area contributed by atoms with Gasteiger partial charge in [-0.1, -0.05) is 13.0 Å². The molecule has 10 heteroatoms. The van der Waals surface area contributed by atoms with E-state index in [1.54, 1.807) is 20.8 Å². The van der Waals surface area contributed by atoms with Crippen molar-refractivity contribution in [3.8, 4) is 5.75 Å². The highest BCUT2D eigenvalue weighted by Crippen LogP contribution is 2.49. The topological polar surface area (TPSA) is 90.6 Å². The molecule has 1 heterocycles. The van der Waals surface area contributed by atoms with Crippen LogP contribution in [0.25, 0.3) is 0 Å². The summed E-state index contributed by atoms with van der Waals surface area (Å²) in [6.07, 6.45) is -1.17. The van der Waals surface area contributed by atoms with Gasteiger partial charge in [-0.2, -0.15) is 8.78 Å². The Bertz CT molecular complexity index is 1040. The molecule has 1 fully saturated rings. The molecule has 1 aliphatic rings. The highest BCUT2D eigenvalue weighted by atomic mass is 19.3. The third kappa shape index (κ3) is 4.69. The average molecular weight is 454 g/mol. The largest absolute Gasteiger partial charge is 0.434 e. The van der Waals surface area contributed by atoms with Gasteiger partial charge in [-0.05, 0) is 44.0 Å². The molecular formula is C22H22F4N2O4. The maximum atomic E-state index is 13.7. The Kier molecular flexibility index (Phi) is 6.45. The number of hydrogen-bond donors (Lipinski definition) is 2. The number of alkyl halides is 2. The van der Waals surface area contributed by atoms with Crippen LogP contribution in [0.1, 0.15) is 42.6 Å². The Morgan fingerprint density at radius 2 is 1.84 bits per heavy atom. The van der Waals surface area contributed by atoms with Crippen molar-refractivity contribution in [1.82, 2.24) is 0 Å². The van der Waals surface area contributed by atoms with Crippen molar-refractivity contribution in [2.24, 2.45) is 11.7 Å². The summed E-state index contributed by atoms with van der Waals surface area (Å²) in [7, 11) is 0. The highest BCUT2D eigenvalue weighted by Gasteiger charge is 2.51. The lowest BCUT2D eigenvalue weighted by atomic mass is 9.78. The molecule has 0 bridgehead atoms. The van der Waals surface area contributed by atoms with E-state index in [1.807, 2.05) is 0 Å². The Morgan fingerprint density at radius 1 is 1.16 bits per heavy atom. The number of amides is 2. The molecule has 3 atom stereocenters. The van der Waals surface area contributed by atoms with Gasteiger partial charge in [0.15, 0.2) is 0 Å². The number of nitrogens with two attached hydrogens (primary N) is 1. The lowest BCUT2D eigenvalue weighted by Gasteiger charge is -2.26. The smallest absolute Gasteiger partial charge is 0.387 e. The third-order valence-corrected chi connectivity index (χ3v) is 5.70. The van der Waals surface area contributed by atoms with Crippen molar-refractivity contribution in [1.29, 1.82) is 0 Å². The van der Waals surface area contributed by atoms with Gasteiger partial charge in [-0.15, -0.1) is 0 Å². The molecule has 0 spiro atoms. The minimum Gasteiger partial charge on any atom is -0.434 e. The van der Waals surface area contributed by atoms with Gasteiger partial charge in [0.2, 0.25) is 0 Å². The molecule has 0 unspecified atom stereocenters. The van der Waals surface area contributed by atoms with Gasteiger partial charge in [-0.25, -0.2) is 8.78 Å². The van der Waals surface area contributed by atoms with Gasteiger partial charge in [0.05, 0.1) is 11.2 Å². The predicted molar refractivity (Wildman–Crippen MR) is 107 cm³/mol. The molecule has 0 saturated carbocycles. The Morgan fingerprint density at radius 3 is 2.47 bits per heavy atom. The lowest BCUT2D eigenvalue weighted by Crippen LogP contribution is -2.33. The molecule has 0 radical (unpaired) electrons. The summed E-state index contributed by atoms with van der Waals surface area (Å²) in [5.74, 6) is -4.82. The first-order valence-electron chi connectivity index (χ1n) is 9.73. The number of primary amides is 1. The van der Waals surface area contributed by atoms with E-state index in [1.165, 1.54) is 12.1 Å². The van der Waals surface area contributed by atoms with Crippen LogP contribution in [0, 0.1) is 17.6 Å². The van der Waals surface area contributed by atoms with E-state index >= 15 is 0 Å². The van der Waals surface area contributed by atoms with Gasteiger partial charge >= 0.3 is 6.61 Å². The summed E-state index contributed by atoms with van der Waals surface area (Å²) in [6.45, 7) is 2.05. The van der Waals surface area contributed by atoms with Crippen LogP contribution < -0.4 is 15.8 Å². The SMILES string of the molecule is C[C@H]1[C@@H](c2ccc(F)cc2OC(F)F)[C@H](C(=O)Nc2ccc(F)c(C(N)=O)c2)OC1(C)C. The Balaban J connectivity index is 1.97. The minimum atomic E-state index is -3.19. The first kappa shape index (κ1) is 23.5. The second-order valence-corrected chi connectivity index (χ2v) is 8.07. The lowest BCUT2D eigenvalue weighted by molar-refractivity contribution is -0.131. The van der Waals surface area contributed by atoms with Crippen molar-refractivity contribution in [2.45, 2.75) is 45.0 Å². The fourth-order valence-electron chi connectivity index (χ4n) is 3.84. The molecule has 2 amide bonds. The van der Waals surface area contributed by atoms with Crippen LogP contribution in [0.15, 0.2) is 36.4 Å². The van der Waals surface area contributed by atoms with Crippen LogP contribution in [-0.4, -0.2) is 30.1 Å². The molecule has 2 aromatic rings. The molecule has 1 saturated heterocycles. The van der Waals surface area contributed by atoms with Crippen LogP contribution in [0.2, 0.25) is 0 Å². The number of ether oxygens (including phenoxy) is 2. The van der Waals surface area contributed by atoms with Gasteiger partial charge in [-0.3, -0.25) is 9.59 Å². The summed E-state index contributed by atoms with van der Waals surface area (Å²) >= 11 is 0. The molecule has 3 rings (SSSR count). The number of nitrogens with one attached hydrogen (secondary N) is 1. The zero-order valence-electron chi connectivity index (χ0n) is 17.5. The predicted octanol–water partition coefficient (Wildman–Crippen LogP) is 4.20. The maximum Gasteiger partial charge on any atom is 0.387 e. The van der Waals surface area contributed by atoms with Crippen molar-refractivity contribution < 1.29 is 36.6 Å². The number of carbonyl (C=O) groups is 2. The van der Waals surface area contributed by atoms with Crippen LogP contribution in [0.3, 0.4) is 0 Å². The van der Waals surface area contributed by atoms with E-state index in [2.05, 4.69) is 10.1 Å². The second kappa shape index (κ2) is 8.78. The normalized spacial score (nSPS) is 22.1. The van der Waals surface area contributed by atoms with Crippen molar-refractivity contribution >= 4 is 17.5 Å². The monoisotopic (exact) mass is 454 g/mol. The van der Waals surface area contributed by atoms with E-state index < -0.39 is 59.0 Å². The van der Waals surface area contributed by atoms with Gasteiger partial charge in [0.25, 0.3) is 11.8 Å². The minimum absolute atomic E-state index is 0.0908. The van der Waals surface area contributed by atoms with Crippen molar-refractivity contribution in [3.05, 3.63) is 59.2 Å². The summed E-state index contributed by atoms with van der Waals surface area (Å²) in [4.78, 5) is 24.5. The van der Waals surface area contributed by atoms with Gasteiger partial charge < -0.3 is 20.5 Å². The Labute approximate surface area is 181 Å². The fraction of sp³-hybridized carbons (Fsp3) is 0.364. The van der Waals surface area contributed by atoms with Crippen LogP contribution >= 0.6 is 0 Å². The molecule has 6 nitrogen and oxygen atoms in total. The van der Waals surface area contributed by atoms with Gasteiger partial charge in [0, 0.05) is 23.2 Å². The molecule has 1 aliphatic heterocycles. The second-order valence-electron chi connectivity index (χ2n) is 8.07. The number of hydrogen-bond acceptors (Lipinski definition) is 4. The van der Waals surface area contributed by atoms with E-state index in [0.717, 1.165) is 24.3 Å². The molecule has 32 heavy (non-hydrogen) atoms. The molecular weight excluding hydrogens is 432 g/mol. The Hall–Kier alpha value is -3.14. The van der Waals surface area contributed by atoms with E-state index in [4.69, 9.17) is 10.5 Å². The summed E-state index contributed by atoms with van der Waals surface area (Å²) in [5.41, 5.74) is 4.15. The number of anilines is 1. The maximum absolute atomic E-state index is 13.7. The number of halogens is 4. The third-order valence-electron chi connectivity index (χ3n) is 5.70. The first-order valence-corrected chi connectivity index (χ1v) is 9.73. The summed E-state index contributed by atoms with van der Waals surface area (Å²) in [5, 5.41) is 2.53. The molecule has 172 valence electrons.